The molecule has 0 bridgehead atoms. The number of hydrogen-bond donors (Lipinski definition) is 1. The zero-order valence-electron chi connectivity index (χ0n) is 16.6. The smallest absolute Gasteiger partial charge is 0.349 e. The van der Waals surface area contributed by atoms with Crippen molar-refractivity contribution >= 4 is 54.3 Å². The van der Waals surface area contributed by atoms with Crippen LogP contribution in [0.3, 0.4) is 0 Å². The molecule has 0 aliphatic rings. The highest BCUT2D eigenvalue weighted by molar-refractivity contribution is 7.22. The molecule has 8 heteroatoms. The number of fused-ring (bicyclic) bond motifs is 4. The lowest BCUT2D eigenvalue weighted by molar-refractivity contribution is 0.102. The lowest BCUT2D eigenvalue weighted by Gasteiger charge is -2.05. The Morgan fingerprint density at radius 2 is 1.77 bits per heavy atom. The van der Waals surface area contributed by atoms with Crippen molar-refractivity contribution in [3.8, 4) is 11.5 Å². The van der Waals surface area contributed by atoms with E-state index < -0.39 is 11.5 Å². The average molecular weight is 432 g/mol. The molecule has 0 radical (unpaired) electrons. The molecule has 0 spiro atoms. The normalized spacial score (nSPS) is 11.2. The molecule has 5 aromatic rings. The highest BCUT2D eigenvalue weighted by atomic mass is 32.1. The first-order valence-corrected chi connectivity index (χ1v) is 10.2. The van der Waals surface area contributed by atoms with Gasteiger partial charge in [0.25, 0.3) is 5.91 Å². The van der Waals surface area contributed by atoms with Crippen molar-refractivity contribution in [2.45, 2.75) is 0 Å². The molecule has 2 heterocycles. The average Bonchev–Trinajstić information content (AvgIpc) is 3.21. The number of amides is 1. The van der Waals surface area contributed by atoms with Crippen LogP contribution < -0.4 is 20.4 Å². The summed E-state index contributed by atoms with van der Waals surface area (Å²) in [6.45, 7) is 0. The molecule has 0 atom stereocenters. The van der Waals surface area contributed by atoms with Gasteiger partial charge in [-0.15, -0.1) is 0 Å². The van der Waals surface area contributed by atoms with E-state index in [4.69, 9.17) is 13.9 Å². The van der Waals surface area contributed by atoms with Crippen molar-refractivity contribution in [2.75, 3.05) is 19.5 Å². The van der Waals surface area contributed by atoms with E-state index in [0.717, 1.165) is 15.5 Å². The van der Waals surface area contributed by atoms with Gasteiger partial charge in [-0.2, -0.15) is 0 Å². The van der Waals surface area contributed by atoms with Crippen molar-refractivity contribution in [3.05, 3.63) is 70.6 Å². The molecule has 0 aliphatic heterocycles. The third kappa shape index (κ3) is 3.17. The summed E-state index contributed by atoms with van der Waals surface area (Å²) >= 11 is 1.23. The molecule has 31 heavy (non-hydrogen) atoms. The van der Waals surface area contributed by atoms with Crippen molar-refractivity contribution in [2.24, 2.45) is 0 Å². The molecule has 0 fully saturated rings. The van der Waals surface area contributed by atoms with Crippen LogP contribution in [-0.2, 0) is 0 Å². The van der Waals surface area contributed by atoms with Gasteiger partial charge in [0.1, 0.15) is 32.9 Å². The van der Waals surface area contributed by atoms with Gasteiger partial charge in [0.15, 0.2) is 5.13 Å². The van der Waals surface area contributed by atoms with Crippen LogP contribution >= 0.6 is 11.3 Å². The van der Waals surface area contributed by atoms with E-state index in [2.05, 4.69) is 10.3 Å². The first kappa shape index (κ1) is 19.1. The number of carbonyl (C=O) groups is 1. The van der Waals surface area contributed by atoms with E-state index in [-0.39, 0.29) is 5.56 Å². The number of benzene rings is 3. The monoisotopic (exact) mass is 432 g/mol. The highest BCUT2D eigenvalue weighted by Crippen LogP contribution is 2.39. The summed E-state index contributed by atoms with van der Waals surface area (Å²) < 4.78 is 16.9. The van der Waals surface area contributed by atoms with Gasteiger partial charge in [0.05, 0.1) is 14.2 Å². The first-order valence-electron chi connectivity index (χ1n) is 9.37. The summed E-state index contributed by atoms with van der Waals surface area (Å²) in [6, 6.07) is 16.4. The molecule has 0 unspecified atom stereocenters. The number of nitrogens with one attached hydrogen (secondary N) is 1. The predicted molar refractivity (Wildman–Crippen MR) is 121 cm³/mol. The van der Waals surface area contributed by atoms with E-state index >= 15 is 0 Å². The van der Waals surface area contributed by atoms with Gasteiger partial charge in [-0.05, 0) is 35.0 Å². The molecular weight excluding hydrogens is 416 g/mol. The standard InChI is InChI=1S/C23H16N2O5S/c1-28-17-9-10-18(29-2)20-19(17)24-23(31-20)25-21(26)15-11-14-13-6-4-3-5-12(13)7-8-16(14)30-22(15)27/h3-11H,1-2H3,(H,24,25,26). The number of carbonyl (C=O) groups excluding carboxylic acids is 1. The quantitative estimate of drug-likeness (QED) is 0.323. The summed E-state index contributed by atoms with van der Waals surface area (Å²) in [5.41, 5.74) is 0.187. The fourth-order valence-corrected chi connectivity index (χ4v) is 4.50. The Kier molecular flexibility index (Phi) is 4.56. The zero-order chi connectivity index (χ0) is 21.5. The minimum absolute atomic E-state index is 0.0953. The third-order valence-electron chi connectivity index (χ3n) is 5.02. The van der Waals surface area contributed by atoms with E-state index in [9.17, 15) is 9.59 Å². The Morgan fingerprint density at radius 1 is 1.00 bits per heavy atom. The topological polar surface area (TPSA) is 90.7 Å². The summed E-state index contributed by atoms with van der Waals surface area (Å²) in [4.78, 5) is 29.9. The molecular formula is C23H16N2O5S. The fraction of sp³-hybridized carbons (Fsp3) is 0.0870. The summed E-state index contributed by atoms with van der Waals surface area (Å²) in [7, 11) is 3.10. The van der Waals surface area contributed by atoms with Crippen LogP contribution in [0.1, 0.15) is 10.4 Å². The van der Waals surface area contributed by atoms with Crippen LogP contribution in [-0.4, -0.2) is 25.1 Å². The number of anilines is 1. The molecule has 154 valence electrons. The van der Waals surface area contributed by atoms with Gasteiger partial charge >= 0.3 is 5.63 Å². The summed E-state index contributed by atoms with van der Waals surface area (Å²) in [5.74, 6) is 0.579. The Morgan fingerprint density at radius 3 is 2.58 bits per heavy atom. The molecule has 3 aromatic carbocycles. The molecule has 5 rings (SSSR count). The number of rotatable bonds is 4. The van der Waals surface area contributed by atoms with Crippen LogP contribution in [0.2, 0.25) is 0 Å². The highest BCUT2D eigenvalue weighted by Gasteiger charge is 2.19. The maximum Gasteiger partial charge on any atom is 0.349 e. The van der Waals surface area contributed by atoms with Crippen LogP contribution in [0.25, 0.3) is 32.0 Å². The number of methoxy groups -OCH3 is 2. The molecule has 1 N–H and O–H groups in total. The number of hydrogen-bond acceptors (Lipinski definition) is 7. The van der Waals surface area contributed by atoms with Crippen LogP contribution in [0.15, 0.2) is 63.8 Å². The van der Waals surface area contributed by atoms with Crippen molar-refractivity contribution < 1.29 is 18.7 Å². The van der Waals surface area contributed by atoms with Crippen LogP contribution in [0.4, 0.5) is 5.13 Å². The Hall–Kier alpha value is -3.91. The van der Waals surface area contributed by atoms with Crippen LogP contribution in [0.5, 0.6) is 11.5 Å². The second-order valence-electron chi connectivity index (χ2n) is 6.77. The number of ether oxygens (including phenoxy) is 2. The van der Waals surface area contributed by atoms with Gasteiger partial charge < -0.3 is 13.9 Å². The molecule has 1 amide bonds. The number of thiazole rings is 1. The second kappa shape index (κ2) is 7.41. The van der Waals surface area contributed by atoms with Gasteiger partial charge in [-0.1, -0.05) is 41.7 Å². The lowest BCUT2D eigenvalue weighted by Crippen LogP contribution is -2.20. The molecule has 0 aliphatic carbocycles. The fourth-order valence-electron chi connectivity index (χ4n) is 3.53. The molecule has 7 nitrogen and oxygen atoms in total. The first-order chi connectivity index (χ1) is 15.1. The van der Waals surface area contributed by atoms with E-state index in [1.165, 1.54) is 11.3 Å². The second-order valence-corrected chi connectivity index (χ2v) is 7.77. The number of nitrogens with zero attached hydrogens (tertiary/aromatic N) is 1. The molecule has 2 aromatic heterocycles. The van der Waals surface area contributed by atoms with Crippen LogP contribution in [0, 0.1) is 0 Å². The maximum absolute atomic E-state index is 12.9. The predicted octanol–water partition coefficient (Wildman–Crippen LogP) is 4.83. The Labute approximate surface area is 179 Å². The summed E-state index contributed by atoms with van der Waals surface area (Å²) in [6.07, 6.45) is 0. The SMILES string of the molecule is COc1ccc(OC)c2sc(NC(=O)c3cc4c(ccc5ccccc54)oc3=O)nc12. The Balaban J connectivity index is 1.58. The largest absolute Gasteiger partial charge is 0.495 e. The zero-order valence-corrected chi connectivity index (χ0v) is 17.4. The van der Waals surface area contributed by atoms with E-state index in [1.54, 1.807) is 38.5 Å². The van der Waals surface area contributed by atoms with Gasteiger partial charge in [0.2, 0.25) is 0 Å². The maximum atomic E-state index is 12.9. The van der Waals surface area contributed by atoms with E-state index in [1.807, 2.05) is 30.3 Å². The van der Waals surface area contributed by atoms with Crippen molar-refractivity contribution in [1.82, 2.24) is 4.98 Å². The van der Waals surface area contributed by atoms with Gasteiger partial charge in [-0.25, -0.2) is 9.78 Å². The van der Waals surface area contributed by atoms with Crippen molar-refractivity contribution in [1.29, 1.82) is 0 Å². The third-order valence-corrected chi connectivity index (χ3v) is 6.00. The minimum atomic E-state index is -0.712. The van der Waals surface area contributed by atoms with Gasteiger partial charge in [-0.3, -0.25) is 10.1 Å². The minimum Gasteiger partial charge on any atom is -0.495 e. The Bertz CT molecular complexity index is 1500. The van der Waals surface area contributed by atoms with Crippen molar-refractivity contribution in [3.63, 3.8) is 0 Å². The van der Waals surface area contributed by atoms with Gasteiger partial charge in [0, 0.05) is 5.39 Å². The number of aromatic nitrogens is 1. The molecule has 0 saturated carbocycles. The lowest BCUT2D eigenvalue weighted by atomic mass is 10.0. The molecule has 0 saturated heterocycles. The van der Waals surface area contributed by atoms with E-state index in [0.29, 0.717) is 33.1 Å². The summed E-state index contributed by atoms with van der Waals surface area (Å²) in [5, 5.41) is 5.59.